The van der Waals surface area contributed by atoms with Gasteiger partial charge in [-0.3, -0.25) is 4.79 Å². The van der Waals surface area contributed by atoms with Gasteiger partial charge in [0.1, 0.15) is 10.7 Å². The van der Waals surface area contributed by atoms with E-state index in [0.29, 0.717) is 29.2 Å². The number of carbonyl (C=O) groups is 1. The Balaban J connectivity index is 1.59. The Labute approximate surface area is 143 Å². The first-order valence-electron chi connectivity index (χ1n) is 7.74. The second kappa shape index (κ2) is 6.97. The van der Waals surface area contributed by atoms with Gasteiger partial charge >= 0.3 is 0 Å². The van der Waals surface area contributed by atoms with Crippen molar-refractivity contribution in [2.45, 2.75) is 25.8 Å². The number of amides is 1. The minimum absolute atomic E-state index is 0.0803. The topological polar surface area (TPSA) is 69.0 Å². The van der Waals surface area contributed by atoms with E-state index in [9.17, 15) is 9.18 Å². The second-order valence-corrected chi connectivity index (χ2v) is 6.63. The molecule has 0 unspecified atom stereocenters. The molecule has 7 heteroatoms. The molecule has 0 aliphatic carbocycles. The molecular formula is C17H17FN4OS. The predicted octanol–water partition coefficient (Wildman–Crippen LogP) is 2.86. The molecule has 3 rings (SSSR count). The van der Waals surface area contributed by atoms with Crippen LogP contribution >= 0.6 is 11.3 Å². The SMILES string of the molecule is Cc1ncsc1C(=O)NC1CCN(c2ccc(C#N)cc2F)CC1. The Morgan fingerprint density at radius 3 is 2.79 bits per heavy atom. The molecule has 24 heavy (non-hydrogen) atoms. The van der Waals surface area contributed by atoms with E-state index >= 15 is 0 Å². The van der Waals surface area contributed by atoms with Crippen molar-refractivity contribution in [3.8, 4) is 6.07 Å². The third kappa shape index (κ3) is 3.39. The van der Waals surface area contributed by atoms with E-state index in [1.165, 1.54) is 17.4 Å². The summed E-state index contributed by atoms with van der Waals surface area (Å²) in [5.74, 6) is -0.463. The first-order valence-corrected chi connectivity index (χ1v) is 8.62. The number of anilines is 1. The van der Waals surface area contributed by atoms with Crippen LogP contribution in [0, 0.1) is 24.1 Å². The first kappa shape index (κ1) is 16.4. The summed E-state index contributed by atoms with van der Waals surface area (Å²) in [6, 6.07) is 6.54. The highest BCUT2D eigenvalue weighted by Gasteiger charge is 2.24. The quantitative estimate of drug-likeness (QED) is 0.929. The molecule has 1 amide bonds. The number of aromatic nitrogens is 1. The third-order valence-electron chi connectivity index (χ3n) is 4.20. The number of hydrogen-bond donors (Lipinski definition) is 1. The highest BCUT2D eigenvalue weighted by Crippen LogP contribution is 2.24. The maximum absolute atomic E-state index is 14.1. The number of halogens is 1. The van der Waals surface area contributed by atoms with Gasteiger partial charge in [0, 0.05) is 19.1 Å². The van der Waals surface area contributed by atoms with Crippen molar-refractivity contribution < 1.29 is 9.18 Å². The van der Waals surface area contributed by atoms with Crippen molar-refractivity contribution in [2.75, 3.05) is 18.0 Å². The molecule has 0 bridgehead atoms. The highest BCUT2D eigenvalue weighted by molar-refractivity contribution is 7.11. The summed E-state index contributed by atoms with van der Waals surface area (Å²) in [6.07, 6.45) is 1.51. The van der Waals surface area contributed by atoms with E-state index in [0.717, 1.165) is 18.5 Å². The maximum Gasteiger partial charge on any atom is 0.263 e. The lowest BCUT2D eigenvalue weighted by atomic mass is 10.0. The molecule has 1 N–H and O–H groups in total. The maximum atomic E-state index is 14.1. The van der Waals surface area contributed by atoms with Crippen LogP contribution in [0.2, 0.25) is 0 Å². The summed E-state index contributed by atoms with van der Waals surface area (Å²) in [5.41, 5.74) is 3.24. The van der Waals surface area contributed by atoms with Crippen LogP contribution in [0.25, 0.3) is 0 Å². The van der Waals surface area contributed by atoms with Crippen molar-refractivity contribution in [1.82, 2.24) is 10.3 Å². The second-order valence-electron chi connectivity index (χ2n) is 5.78. The molecule has 0 saturated carbocycles. The smallest absolute Gasteiger partial charge is 0.263 e. The van der Waals surface area contributed by atoms with Gasteiger partial charge in [0.25, 0.3) is 5.91 Å². The number of carbonyl (C=O) groups excluding carboxylic acids is 1. The Morgan fingerprint density at radius 1 is 1.46 bits per heavy atom. The lowest BCUT2D eigenvalue weighted by Gasteiger charge is -2.34. The first-order chi connectivity index (χ1) is 11.6. The highest BCUT2D eigenvalue weighted by atomic mass is 32.1. The van der Waals surface area contributed by atoms with Crippen LogP contribution in [0.5, 0.6) is 0 Å². The van der Waals surface area contributed by atoms with Gasteiger partial charge in [-0.15, -0.1) is 11.3 Å². The van der Waals surface area contributed by atoms with Gasteiger partial charge in [-0.2, -0.15) is 5.26 Å². The molecule has 124 valence electrons. The monoisotopic (exact) mass is 344 g/mol. The number of hydrogen-bond acceptors (Lipinski definition) is 5. The van der Waals surface area contributed by atoms with E-state index in [2.05, 4.69) is 10.3 Å². The number of aryl methyl sites for hydroxylation is 1. The number of piperidine rings is 1. The molecule has 1 aromatic heterocycles. The molecule has 1 fully saturated rings. The Bertz CT molecular complexity index is 790. The minimum Gasteiger partial charge on any atom is -0.369 e. The van der Waals surface area contributed by atoms with Gasteiger partial charge in [0.2, 0.25) is 0 Å². The Morgan fingerprint density at radius 2 is 2.21 bits per heavy atom. The van der Waals surface area contributed by atoms with Crippen LogP contribution in [-0.4, -0.2) is 30.0 Å². The van der Waals surface area contributed by atoms with E-state index in [4.69, 9.17) is 5.26 Å². The lowest BCUT2D eigenvalue weighted by molar-refractivity contribution is 0.0934. The number of benzene rings is 1. The van der Waals surface area contributed by atoms with Crippen LogP contribution in [0.1, 0.15) is 33.8 Å². The minimum atomic E-state index is -0.378. The van der Waals surface area contributed by atoms with Gasteiger partial charge in [0.15, 0.2) is 0 Å². The summed E-state index contributed by atoms with van der Waals surface area (Å²) >= 11 is 1.34. The van der Waals surface area contributed by atoms with Crippen LogP contribution in [-0.2, 0) is 0 Å². The van der Waals surface area contributed by atoms with Crippen LogP contribution in [0.15, 0.2) is 23.7 Å². The zero-order chi connectivity index (χ0) is 17.1. The summed E-state index contributed by atoms with van der Waals surface area (Å²) in [5, 5.41) is 11.8. The summed E-state index contributed by atoms with van der Waals surface area (Å²) < 4.78 is 14.1. The van der Waals surface area contributed by atoms with E-state index in [1.54, 1.807) is 17.6 Å². The fraction of sp³-hybridized carbons (Fsp3) is 0.353. The van der Waals surface area contributed by atoms with Gasteiger partial charge in [-0.1, -0.05) is 0 Å². The zero-order valence-corrected chi connectivity index (χ0v) is 14.1. The van der Waals surface area contributed by atoms with E-state index < -0.39 is 0 Å². The number of nitrogens with zero attached hydrogens (tertiary/aromatic N) is 3. The van der Waals surface area contributed by atoms with E-state index in [1.807, 2.05) is 17.9 Å². The molecule has 0 atom stereocenters. The molecule has 1 aliphatic heterocycles. The standard InChI is InChI=1S/C17H17FN4OS/c1-11-16(24-10-20-11)17(23)21-13-4-6-22(7-5-13)15-3-2-12(9-19)8-14(15)18/h2-3,8,10,13H,4-7H2,1H3,(H,21,23). The van der Waals surface area contributed by atoms with Crippen LogP contribution in [0.4, 0.5) is 10.1 Å². The number of nitriles is 1. The molecular weight excluding hydrogens is 327 g/mol. The molecule has 2 heterocycles. The van der Waals surface area contributed by atoms with Crippen molar-refractivity contribution >= 4 is 22.9 Å². The molecule has 2 aromatic rings. The average molecular weight is 344 g/mol. The lowest BCUT2D eigenvalue weighted by Crippen LogP contribution is -2.44. The summed E-state index contributed by atoms with van der Waals surface area (Å²) in [6.45, 7) is 3.15. The van der Waals surface area contributed by atoms with Gasteiger partial charge in [0.05, 0.1) is 28.5 Å². The predicted molar refractivity (Wildman–Crippen MR) is 90.7 cm³/mol. The van der Waals surface area contributed by atoms with Crippen molar-refractivity contribution in [3.63, 3.8) is 0 Å². The molecule has 1 aliphatic rings. The molecule has 0 radical (unpaired) electrons. The fourth-order valence-corrected chi connectivity index (χ4v) is 3.57. The van der Waals surface area contributed by atoms with E-state index in [-0.39, 0.29) is 17.8 Å². The Hall–Kier alpha value is -2.46. The van der Waals surface area contributed by atoms with Crippen molar-refractivity contribution in [3.05, 3.63) is 45.7 Å². The van der Waals surface area contributed by atoms with Crippen LogP contribution in [0.3, 0.4) is 0 Å². The normalized spacial score (nSPS) is 15.1. The van der Waals surface area contributed by atoms with Crippen molar-refractivity contribution in [2.24, 2.45) is 0 Å². The number of nitrogens with one attached hydrogen (secondary N) is 1. The fourth-order valence-electron chi connectivity index (χ4n) is 2.87. The average Bonchev–Trinajstić information content (AvgIpc) is 3.02. The van der Waals surface area contributed by atoms with Crippen molar-refractivity contribution in [1.29, 1.82) is 5.26 Å². The number of rotatable bonds is 3. The zero-order valence-electron chi connectivity index (χ0n) is 13.3. The third-order valence-corrected chi connectivity index (χ3v) is 5.13. The van der Waals surface area contributed by atoms with Gasteiger partial charge in [-0.25, -0.2) is 9.37 Å². The van der Waals surface area contributed by atoms with Gasteiger partial charge < -0.3 is 10.2 Å². The number of thiazole rings is 1. The molecule has 1 aromatic carbocycles. The van der Waals surface area contributed by atoms with Crippen LogP contribution < -0.4 is 10.2 Å². The van der Waals surface area contributed by atoms with Gasteiger partial charge in [-0.05, 0) is 38.0 Å². The summed E-state index contributed by atoms with van der Waals surface area (Å²) in [7, 11) is 0. The Kier molecular flexibility index (Phi) is 4.76. The molecule has 5 nitrogen and oxygen atoms in total. The molecule has 1 saturated heterocycles. The largest absolute Gasteiger partial charge is 0.369 e. The molecule has 0 spiro atoms. The summed E-state index contributed by atoms with van der Waals surface area (Å²) in [4.78, 5) is 18.9.